The fourth-order valence-electron chi connectivity index (χ4n) is 2.20. The van der Waals surface area contributed by atoms with Crippen LogP contribution in [0.4, 0.5) is 17.5 Å². The first-order valence-corrected chi connectivity index (χ1v) is 7.41. The summed E-state index contributed by atoms with van der Waals surface area (Å²) in [7, 11) is 0. The van der Waals surface area contributed by atoms with Gasteiger partial charge in [0.2, 0.25) is 5.95 Å². The Kier molecular flexibility index (Phi) is 4.96. The minimum atomic E-state index is 0.617. The maximum atomic E-state index is 6.30. The van der Waals surface area contributed by atoms with E-state index in [-0.39, 0.29) is 0 Å². The largest absolute Gasteiger partial charge is 0.340 e. The molecule has 0 aliphatic carbocycles. The highest BCUT2D eigenvalue weighted by molar-refractivity contribution is 6.33. The van der Waals surface area contributed by atoms with Crippen LogP contribution in [0.2, 0.25) is 5.02 Å². The van der Waals surface area contributed by atoms with Crippen LogP contribution in [-0.4, -0.2) is 28.3 Å². The smallest absolute Gasteiger partial charge is 0.247 e. The summed E-state index contributed by atoms with van der Waals surface area (Å²) in [6, 6.07) is 4.00. The fourth-order valence-corrected chi connectivity index (χ4v) is 2.57. The third kappa shape index (κ3) is 3.61. The van der Waals surface area contributed by atoms with Crippen LogP contribution in [0.1, 0.15) is 25.0 Å². The fraction of sp³-hybridized carbons (Fsp3) is 0.400. The number of benzene rings is 1. The van der Waals surface area contributed by atoms with E-state index >= 15 is 0 Å². The average molecular weight is 306 g/mol. The van der Waals surface area contributed by atoms with Crippen LogP contribution in [0.3, 0.4) is 0 Å². The standard InChI is InChI=1S/C15H20ClN5/c1-5-21(6-2)15-19-13(9-17-20-15)18-14-11(4)7-10(3)8-12(14)16/h7-9H,5-6H2,1-4H3,(H,18,19,20). The van der Waals surface area contributed by atoms with Crippen molar-refractivity contribution in [2.75, 3.05) is 23.3 Å². The van der Waals surface area contributed by atoms with Crippen LogP contribution < -0.4 is 10.2 Å². The molecule has 0 bridgehead atoms. The minimum absolute atomic E-state index is 0.617. The van der Waals surface area contributed by atoms with Crippen molar-refractivity contribution in [2.45, 2.75) is 27.7 Å². The van der Waals surface area contributed by atoms with Crippen molar-refractivity contribution in [3.63, 3.8) is 0 Å². The summed E-state index contributed by atoms with van der Waals surface area (Å²) in [4.78, 5) is 6.54. The Hall–Kier alpha value is -1.88. The second-order valence-electron chi connectivity index (χ2n) is 4.88. The van der Waals surface area contributed by atoms with E-state index in [4.69, 9.17) is 11.6 Å². The number of hydrogen-bond acceptors (Lipinski definition) is 5. The van der Waals surface area contributed by atoms with Crippen molar-refractivity contribution in [3.05, 3.63) is 34.5 Å². The highest BCUT2D eigenvalue weighted by Gasteiger charge is 2.10. The molecule has 0 amide bonds. The lowest BCUT2D eigenvalue weighted by molar-refractivity contribution is 0.796. The van der Waals surface area contributed by atoms with Crippen LogP contribution in [-0.2, 0) is 0 Å². The van der Waals surface area contributed by atoms with Gasteiger partial charge in [0.15, 0.2) is 5.82 Å². The number of anilines is 3. The van der Waals surface area contributed by atoms with Crippen molar-refractivity contribution in [1.29, 1.82) is 0 Å². The lowest BCUT2D eigenvalue weighted by Crippen LogP contribution is -2.24. The molecule has 112 valence electrons. The Labute approximate surface area is 130 Å². The third-order valence-corrected chi connectivity index (χ3v) is 3.58. The van der Waals surface area contributed by atoms with Gasteiger partial charge in [-0.2, -0.15) is 10.1 Å². The van der Waals surface area contributed by atoms with Gasteiger partial charge < -0.3 is 10.2 Å². The van der Waals surface area contributed by atoms with Gasteiger partial charge >= 0.3 is 0 Å². The summed E-state index contributed by atoms with van der Waals surface area (Å²) in [5, 5.41) is 12.0. The monoisotopic (exact) mass is 305 g/mol. The first kappa shape index (κ1) is 15.5. The van der Waals surface area contributed by atoms with Crippen molar-refractivity contribution in [3.8, 4) is 0 Å². The summed E-state index contributed by atoms with van der Waals surface area (Å²) < 4.78 is 0. The number of aromatic nitrogens is 3. The van der Waals surface area contributed by atoms with Gasteiger partial charge in [0, 0.05) is 13.1 Å². The van der Waals surface area contributed by atoms with E-state index in [2.05, 4.69) is 40.4 Å². The Morgan fingerprint density at radius 3 is 2.52 bits per heavy atom. The second-order valence-corrected chi connectivity index (χ2v) is 5.28. The van der Waals surface area contributed by atoms with Crippen LogP contribution in [0.5, 0.6) is 0 Å². The molecular weight excluding hydrogens is 286 g/mol. The van der Waals surface area contributed by atoms with E-state index in [0.29, 0.717) is 16.8 Å². The maximum absolute atomic E-state index is 6.30. The Morgan fingerprint density at radius 2 is 1.90 bits per heavy atom. The lowest BCUT2D eigenvalue weighted by Gasteiger charge is -2.18. The highest BCUT2D eigenvalue weighted by atomic mass is 35.5. The molecule has 0 aliphatic rings. The second kappa shape index (κ2) is 6.72. The summed E-state index contributed by atoms with van der Waals surface area (Å²) in [6.07, 6.45) is 1.60. The number of halogens is 1. The molecule has 0 fully saturated rings. The van der Waals surface area contributed by atoms with Gasteiger partial charge in [-0.15, -0.1) is 5.10 Å². The Morgan fingerprint density at radius 1 is 1.19 bits per heavy atom. The molecule has 0 atom stereocenters. The molecule has 21 heavy (non-hydrogen) atoms. The van der Waals surface area contributed by atoms with Crippen molar-refractivity contribution >= 4 is 29.1 Å². The molecular formula is C15H20ClN5. The van der Waals surface area contributed by atoms with E-state index < -0.39 is 0 Å². The topological polar surface area (TPSA) is 53.9 Å². The first-order valence-electron chi connectivity index (χ1n) is 7.03. The van der Waals surface area contributed by atoms with Crippen molar-refractivity contribution < 1.29 is 0 Å². The van der Waals surface area contributed by atoms with Crippen LogP contribution in [0, 0.1) is 13.8 Å². The molecule has 6 heteroatoms. The summed E-state index contributed by atoms with van der Waals surface area (Å²) >= 11 is 6.30. The van der Waals surface area contributed by atoms with E-state index in [0.717, 1.165) is 29.9 Å². The lowest BCUT2D eigenvalue weighted by atomic mass is 10.1. The van der Waals surface area contributed by atoms with Crippen LogP contribution >= 0.6 is 11.6 Å². The van der Waals surface area contributed by atoms with Gasteiger partial charge in [-0.25, -0.2) is 0 Å². The average Bonchev–Trinajstić information content (AvgIpc) is 2.45. The zero-order valence-electron chi connectivity index (χ0n) is 12.8. The summed E-state index contributed by atoms with van der Waals surface area (Å²) in [5.41, 5.74) is 3.06. The molecule has 1 N–H and O–H groups in total. The van der Waals surface area contributed by atoms with Gasteiger partial charge in [-0.1, -0.05) is 17.7 Å². The van der Waals surface area contributed by atoms with Crippen molar-refractivity contribution in [2.24, 2.45) is 0 Å². The van der Waals surface area contributed by atoms with E-state index in [1.807, 2.05) is 24.8 Å². The quantitative estimate of drug-likeness (QED) is 0.912. The van der Waals surface area contributed by atoms with Gasteiger partial charge in [0.25, 0.3) is 0 Å². The van der Waals surface area contributed by atoms with E-state index in [9.17, 15) is 0 Å². The third-order valence-electron chi connectivity index (χ3n) is 3.28. The first-order chi connectivity index (χ1) is 10.0. The molecule has 0 radical (unpaired) electrons. The number of nitrogens with one attached hydrogen (secondary N) is 1. The van der Waals surface area contributed by atoms with Gasteiger partial charge in [-0.3, -0.25) is 0 Å². The minimum Gasteiger partial charge on any atom is -0.340 e. The molecule has 1 aromatic carbocycles. The van der Waals surface area contributed by atoms with Crippen LogP contribution in [0.25, 0.3) is 0 Å². The number of aryl methyl sites for hydroxylation is 2. The maximum Gasteiger partial charge on any atom is 0.247 e. The summed E-state index contributed by atoms with van der Waals surface area (Å²) in [5.74, 6) is 1.26. The zero-order valence-corrected chi connectivity index (χ0v) is 13.6. The molecule has 0 saturated heterocycles. The molecule has 1 heterocycles. The normalized spacial score (nSPS) is 10.5. The van der Waals surface area contributed by atoms with Gasteiger partial charge in [0.1, 0.15) is 0 Å². The number of hydrogen-bond donors (Lipinski definition) is 1. The van der Waals surface area contributed by atoms with E-state index in [1.54, 1.807) is 6.20 Å². The Balaban J connectivity index is 2.30. The van der Waals surface area contributed by atoms with E-state index in [1.165, 1.54) is 0 Å². The SMILES string of the molecule is CCN(CC)c1nncc(Nc2c(C)cc(C)cc2Cl)n1. The van der Waals surface area contributed by atoms with Crippen molar-refractivity contribution in [1.82, 2.24) is 15.2 Å². The summed E-state index contributed by atoms with van der Waals surface area (Å²) in [6.45, 7) is 9.84. The molecule has 2 aromatic rings. The molecule has 0 saturated carbocycles. The van der Waals surface area contributed by atoms with Crippen LogP contribution in [0.15, 0.2) is 18.3 Å². The highest BCUT2D eigenvalue weighted by Crippen LogP contribution is 2.29. The molecule has 5 nitrogen and oxygen atoms in total. The van der Waals surface area contributed by atoms with Gasteiger partial charge in [0.05, 0.1) is 16.9 Å². The molecule has 0 spiro atoms. The number of nitrogens with zero attached hydrogens (tertiary/aromatic N) is 4. The predicted molar refractivity (Wildman–Crippen MR) is 87.6 cm³/mol. The Bertz CT molecular complexity index is 602. The molecule has 0 aliphatic heterocycles. The molecule has 0 unspecified atom stereocenters. The molecule has 1 aromatic heterocycles. The predicted octanol–water partition coefficient (Wildman–Crippen LogP) is 3.73. The number of rotatable bonds is 5. The molecule has 2 rings (SSSR count). The zero-order chi connectivity index (χ0) is 15.4. The van der Waals surface area contributed by atoms with Gasteiger partial charge in [-0.05, 0) is 44.9 Å².